The molecular weight excluding hydrogens is 160 g/mol. The van der Waals surface area contributed by atoms with Crippen LogP contribution in [0.4, 0.5) is 0 Å². The molecule has 2 N–H and O–H groups in total. The zero-order chi connectivity index (χ0) is 9.15. The van der Waals surface area contributed by atoms with Crippen LogP contribution in [0.15, 0.2) is 0 Å². The van der Waals surface area contributed by atoms with E-state index in [4.69, 9.17) is 0 Å². The minimum absolute atomic E-state index is 0.383. The first kappa shape index (κ1) is 9.47. The fraction of sp³-hybridized carbons (Fsp3) is 1.00. The van der Waals surface area contributed by atoms with E-state index in [0.29, 0.717) is 5.54 Å². The Hall–Kier alpha value is -0.0800. The predicted molar refractivity (Wildman–Crippen MR) is 55.9 cm³/mol. The van der Waals surface area contributed by atoms with Gasteiger partial charge in [0.05, 0.1) is 0 Å². The van der Waals surface area contributed by atoms with Crippen LogP contribution in [0.2, 0.25) is 0 Å². The molecule has 0 amide bonds. The molecule has 76 valence electrons. The second-order valence-electron chi connectivity index (χ2n) is 4.95. The van der Waals surface area contributed by atoms with Gasteiger partial charge in [0.2, 0.25) is 0 Å². The summed E-state index contributed by atoms with van der Waals surface area (Å²) >= 11 is 0. The van der Waals surface area contributed by atoms with E-state index in [1.165, 1.54) is 45.1 Å². The highest BCUT2D eigenvalue weighted by atomic mass is 15.1. The molecule has 0 bridgehead atoms. The molecule has 2 heteroatoms. The zero-order valence-electron chi connectivity index (χ0n) is 8.73. The monoisotopic (exact) mass is 182 g/mol. The Morgan fingerprint density at radius 2 is 2.15 bits per heavy atom. The van der Waals surface area contributed by atoms with Gasteiger partial charge in [-0.25, -0.2) is 0 Å². The highest BCUT2D eigenvalue weighted by Crippen LogP contribution is 2.21. The van der Waals surface area contributed by atoms with Crippen LogP contribution in [0.5, 0.6) is 0 Å². The zero-order valence-corrected chi connectivity index (χ0v) is 8.73. The maximum Gasteiger partial charge on any atom is 0.0278 e. The molecule has 1 saturated heterocycles. The molecule has 1 aliphatic carbocycles. The molecule has 0 radical (unpaired) electrons. The molecule has 0 aromatic carbocycles. The van der Waals surface area contributed by atoms with Crippen molar-refractivity contribution in [3.63, 3.8) is 0 Å². The number of rotatable bonds is 3. The minimum Gasteiger partial charge on any atom is -0.312 e. The lowest BCUT2D eigenvalue weighted by atomic mass is 9.88. The molecule has 13 heavy (non-hydrogen) atoms. The summed E-state index contributed by atoms with van der Waals surface area (Å²) < 4.78 is 0. The molecule has 1 aliphatic heterocycles. The van der Waals surface area contributed by atoms with Crippen LogP contribution in [-0.2, 0) is 0 Å². The van der Waals surface area contributed by atoms with Gasteiger partial charge in [0.15, 0.2) is 0 Å². The second kappa shape index (κ2) is 3.97. The van der Waals surface area contributed by atoms with Crippen molar-refractivity contribution in [2.45, 2.75) is 57.0 Å². The van der Waals surface area contributed by atoms with Gasteiger partial charge in [-0.15, -0.1) is 0 Å². The highest BCUT2D eigenvalue weighted by molar-refractivity contribution is 4.90. The Bertz CT molecular complexity index is 157. The molecule has 1 saturated carbocycles. The van der Waals surface area contributed by atoms with E-state index in [0.717, 1.165) is 12.6 Å². The van der Waals surface area contributed by atoms with E-state index in [1.807, 2.05) is 0 Å². The van der Waals surface area contributed by atoms with E-state index >= 15 is 0 Å². The Balaban J connectivity index is 1.71. The Morgan fingerprint density at radius 3 is 2.69 bits per heavy atom. The molecule has 0 aromatic heterocycles. The van der Waals surface area contributed by atoms with Crippen LogP contribution < -0.4 is 10.6 Å². The lowest BCUT2D eigenvalue weighted by Gasteiger charge is -2.38. The van der Waals surface area contributed by atoms with Gasteiger partial charge in [-0.3, -0.25) is 0 Å². The first-order valence-corrected chi connectivity index (χ1v) is 5.77. The van der Waals surface area contributed by atoms with Crippen LogP contribution in [-0.4, -0.2) is 24.7 Å². The van der Waals surface area contributed by atoms with Gasteiger partial charge in [-0.2, -0.15) is 0 Å². The van der Waals surface area contributed by atoms with Crippen LogP contribution in [0.25, 0.3) is 0 Å². The molecule has 2 nitrogen and oxygen atoms in total. The van der Waals surface area contributed by atoms with Crippen molar-refractivity contribution in [2.24, 2.45) is 0 Å². The van der Waals surface area contributed by atoms with Crippen molar-refractivity contribution in [1.82, 2.24) is 10.6 Å². The smallest absolute Gasteiger partial charge is 0.0278 e. The second-order valence-corrected chi connectivity index (χ2v) is 4.95. The topological polar surface area (TPSA) is 24.1 Å². The molecular formula is C11H22N2. The third-order valence-corrected chi connectivity index (χ3v) is 3.59. The van der Waals surface area contributed by atoms with Gasteiger partial charge in [0.1, 0.15) is 0 Å². The summed E-state index contributed by atoms with van der Waals surface area (Å²) in [5.41, 5.74) is 0.383. The van der Waals surface area contributed by atoms with Gasteiger partial charge in [-0.05, 0) is 39.2 Å². The van der Waals surface area contributed by atoms with E-state index in [-0.39, 0.29) is 0 Å². The molecule has 1 heterocycles. The SMILES string of the molecule is CC1(CNC2CCC2)CCCCN1. The van der Waals surface area contributed by atoms with Crippen molar-refractivity contribution in [3.05, 3.63) is 0 Å². The third-order valence-electron chi connectivity index (χ3n) is 3.59. The minimum atomic E-state index is 0.383. The number of nitrogens with one attached hydrogen (secondary N) is 2. The average Bonchev–Trinajstić information content (AvgIpc) is 2.02. The summed E-state index contributed by atoms with van der Waals surface area (Å²) in [6.45, 7) is 4.73. The summed E-state index contributed by atoms with van der Waals surface area (Å²) in [5, 5.41) is 7.30. The first-order valence-electron chi connectivity index (χ1n) is 5.77. The molecule has 2 fully saturated rings. The van der Waals surface area contributed by atoms with Gasteiger partial charge in [0, 0.05) is 18.1 Å². The third kappa shape index (κ3) is 2.44. The Morgan fingerprint density at radius 1 is 1.31 bits per heavy atom. The van der Waals surface area contributed by atoms with Crippen molar-refractivity contribution >= 4 is 0 Å². The van der Waals surface area contributed by atoms with Crippen molar-refractivity contribution in [2.75, 3.05) is 13.1 Å². The van der Waals surface area contributed by atoms with Gasteiger partial charge in [-0.1, -0.05) is 12.8 Å². The first-order chi connectivity index (χ1) is 6.29. The summed E-state index contributed by atoms with van der Waals surface area (Å²) in [6, 6.07) is 0.834. The van der Waals surface area contributed by atoms with Gasteiger partial charge < -0.3 is 10.6 Å². The summed E-state index contributed by atoms with van der Waals surface area (Å²) in [5.74, 6) is 0. The fourth-order valence-electron chi connectivity index (χ4n) is 2.25. The largest absolute Gasteiger partial charge is 0.312 e. The van der Waals surface area contributed by atoms with Gasteiger partial charge in [0.25, 0.3) is 0 Å². The van der Waals surface area contributed by atoms with Crippen molar-refractivity contribution in [1.29, 1.82) is 0 Å². The number of hydrogen-bond acceptors (Lipinski definition) is 2. The molecule has 0 aromatic rings. The average molecular weight is 182 g/mol. The van der Waals surface area contributed by atoms with E-state index in [1.54, 1.807) is 0 Å². The van der Waals surface area contributed by atoms with Crippen LogP contribution in [0, 0.1) is 0 Å². The summed E-state index contributed by atoms with van der Waals surface area (Å²) in [7, 11) is 0. The quantitative estimate of drug-likeness (QED) is 0.693. The van der Waals surface area contributed by atoms with E-state index < -0.39 is 0 Å². The van der Waals surface area contributed by atoms with Crippen LogP contribution in [0.1, 0.15) is 45.4 Å². The number of hydrogen-bond donors (Lipinski definition) is 2. The lowest BCUT2D eigenvalue weighted by Crippen LogP contribution is -2.55. The highest BCUT2D eigenvalue weighted by Gasteiger charge is 2.27. The molecule has 1 atom stereocenters. The van der Waals surface area contributed by atoms with Crippen LogP contribution >= 0.6 is 0 Å². The fourth-order valence-corrected chi connectivity index (χ4v) is 2.25. The van der Waals surface area contributed by atoms with Gasteiger partial charge >= 0.3 is 0 Å². The molecule has 2 rings (SSSR count). The normalized spacial score (nSPS) is 35.8. The lowest BCUT2D eigenvalue weighted by molar-refractivity contribution is 0.234. The Kier molecular flexibility index (Phi) is 2.89. The Labute approximate surface area is 81.5 Å². The van der Waals surface area contributed by atoms with Crippen molar-refractivity contribution in [3.8, 4) is 0 Å². The van der Waals surface area contributed by atoms with E-state index in [9.17, 15) is 0 Å². The van der Waals surface area contributed by atoms with Crippen molar-refractivity contribution < 1.29 is 0 Å². The maximum atomic E-state index is 3.67. The van der Waals surface area contributed by atoms with Crippen LogP contribution in [0.3, 0.4) is 0 Å². The van der Waals surface area contributed by atoms with E-state index in [2.05, 4.69) is 17.6 Å². The summed E-state index contributed by atoms with van der Waals surface area (Å²) in [4.78, 5) is 0. The summed E-state index contributed by atoms with van der Waals surface area (Å²) in [6.07, 6.45) is 8.33. The predicted octanol–water partition coefficient (Wildman–Crippen LogP) is 1.66. The molecule has 1 unspecified atom stereocenters. The standard InChI is InChI=1S/C11H22N2/c1-11(7-2-3-8-13-11)9-12-10-5-4-6-10/h10,12-13H,2-9H2,1H3. The number of piperidine rings is 1. The maximum absolute atomic E-state index is 3.67. The molecule has 2 aliphatic rings. The molecule has 0 spiro atoms.